The normalized spacial score (nSPS) is 11.1. The van der Waals surface area contributed by atoms with Crippen LogP contribution in [0.25, 0.3) is 0 Å². The lowest BCUT2D eigenvalue weighted by Gasteiger charge is -2.10. The molecule has 0 aromatic heterocycles. The van der Waals surface area contributed by atoms with Crippen LogP contribution in [0.2, 0.25) is 10.0 Å². The summed E-state index contributed by atoms with van der Waals surface area (Å²) in [6, 6.07) is 10.7. The lowest BCUT2D eigenvalue weighted by atomic mass is 10.1. The Bertz CT molecular complexity index is 837. The summed E-state index contributed by atoms with van der Waals surface area (Å²) in [4.78, 5) is 11.5. The number of nitrogens with one attached hydrogen (secondary N) is 2. The van der Waals surface area contributed by atoms with Crippen LogP contribution in [0.3, 0.4) is 0 Å². The Morgan fingerprint density at radius 3 is 2.29 bits per heavy atom. The molecular weight excluding hydrogens is 371 g/mol. The van der Waals surface area contributed by atoms with Crippen molar-refractivity contribution < 1.29 is 13.2 Å². The molecule has 0 atom stereocenters. The number of amides is 1. The number of benzene rings is 2. The van der Waals surface area contributed by atoms with Crippen molar-refractivity contribution in [3.63, 3.8) is 0 Å². The highest BCUT2D eigenvalue weighted by molar-refractivity contribution is 7.92. The molecule has 0 aliphatic carbocycles. The van der Waals surface area contributed by atoms with Crippen LogP contribution >= 0.6 is 23.2 Å². The van der Waals surface area contributed by atoms with Crippen LogP contribution in [-0.2, 0) is 21.2 Å². The average molecular weight is 387 g/mol. The first-order valence-corrected chi connectivity index (χ1v) is 9.39. The molecule has 0 saturated carbocycles. The van der Waals surface area contributed by atoms with Gasteiger partial charge in [0.2, 0.25) is 5.91 Å². The fourth-order valence-electron chi connectivity index (χ4n) is 1.99. The minimum Gasteiger partial charge on any atom is -0.356 e. The Hall–Kier alpha value is -1.76. The quantitative estimate of drug-likeness (QED) is 0.797. The third kappa shape index (κ3) is 4.87. The summed E-state index contributed by atoms with van der Waals surface area (Å²) >= 11 is 11.6. The molecule has 2 rings (SSSR count). The van der Waals surface area contributed by atoms with E-state index in [9.17, 15) is 13.2 Å². The molecule has 1 amide bonds. The fourth-order valence-corrected chi connectivity index (χ4v) is 3.44. The minimum absolute atomic E-state index is 0.0169. The number of hydrogen-bond donors (Lipinski definition) is 2. The van der Waals surface area contributed by atoms with Gasteiger partial charge in [-0.15, -0.1) is 0 Å². The lowest BCUT2D eigenvalue weighted by molar-refractivity contribution is -0.120. The largest absolute Gasteiger partial charge is 0.356 e. The van der Waals surface area contributed by atoms with Gasteiger partial charge < -0.3 is 5.32 Å². The molecular formula is C16H16Cl2N2O3S. The van der Waals surface area contributed by atoms with Crippen LogP contribution in [0.4, 0.5) is 5.69 Å². The van der Waals surface area contributed by atoms with Crippen molar-refractivity contribution in [2.24, 2.45) is 0 Å². The van der Waals surface area contributed by atoms with Crippen molar-refractivity contribution in [2.75, 3.05) is 11.3 Å². The SMILES string of the molecule is CCNC(=O)Cc1ccc(NS(=O)(=O)c2ccc(Cl)c(Cl)c2)cc1. The Balaban J connectivity index is 2.12. The van der Waals surface area contributed by atoms with E-state index in [1.807, 2.05) is 6.92 Å². The number of hydrogen-bond acceptors (Lipinski definition) is 3. The van der Waals surface area contributed by atoms with Gasteiger partial charge in [0.05, 0.1) is 21.4 Å². The van der Waals surface area contributed by atoms with E-state index < -0.39 is 10.0 Å². The Kier molecular flexibility index (Phi) is 6.10. The first-order valence-electron chi connectivity index (χ1n) is 7.15. The van der Waals surface area contributed by atoms with Crippen molar-refractivity contribution in [2.45, 2.75) is 18.2 Å². The highest BCUT2D eigenvalue weighted by atomic mass is 35.5. The summed E-state index contributed by atoms with van der Waals surface area (Å²) < 4.78 is 27.1. The highest BCUT2D eigenvalue weighted by Gasteiger charge is 2.15. The molecule has 0 aliphatic heterocycles. The first-order chi connectivity index (χ1) is 11.3. The van der Waals surface area contributed by atoms with Gasteiger partial charge in [-0.05, 0) is 42.8 Å². The fraction of sp³-hybridized carbons (Fsp3) is 0.188. The number of likely N-dealkylation sites (N-methyl/N-ethyl adjacent to an activating group) is 1. The maximum Gasteiger partial charge on any atom is 0.261 e. The topological polar surface area (TPSA) is 75.3 Å². The zero-order chi connectivity index (χ0) is 17.7. The van der Waals surface area contributed by atoms with Crippen molar-refractivity contribution >= 4 is 44.8 Å². The molecule has 5 nitrogen and oxygen atoms in total. The van der Waals surface area contributed by atoms with Gasteiger partial charge in [-0.25, -0.2) is 8.42 Å². The first kappa shape index (κ1) is 18.6. The molecule has 2 N–H and O–H groups in total. The van der Waals surface area contributed by atoms with Gasteiger partial charge in [-0.3, -0.25) is 9.52 Å². The van der Waals surface area contributed by atoms with Crippen molar-refractivity contribution in [3.8, 4) is 0 Å². The zero-order valence-electron chi connectivity index (χ0n) is 12.8. The molecule has 128 valence electrons. The number of carbonyl (C=O) groups is 1. The minimum atomic E-state index is -3.77. The highest BCUT2D eigenvalue weighted by Crippen LogP contribution is 2.26. The predicted molar refractivity (Wildman–Crippen MR) is 96.1 cm³/mol. The van der Waals surface area contributed by atoms with Crippen molar-refractivity contribution in [1.82, 2.24) is 5.32 Å². The number of halogens is 2. The van der Waals surface area contributed by atoms with Gasteiger partial charge in [0.25, 0.3) is 10.0 Å². The van der Waals surface area contributed by atoms with E-state index in [0.717, 1.165) is 5.56 Å². The van der Waals surface area contributed by atoms with E-state index in [-0.39, 0.29) is 27.3 Å². The summed E-state index contributed by atoms with van der Waals surface area (Å²) in [5, 5.41) is 3.15. The van der Waals surface area contributed by atoms with E-state index in [4.69, 9.17) is 23.2 Å². The van der Waals surface area contributed by atoms with Crippen molar-refractivity contribution in [1.29, 1.82) is 0 Å². The van der Waals surface area contributed by atoms with Gasteiger partial charge in [0, 0.05) is 12.2 Å². The van der Waals surface area contributed by atoms with Gasteiger partial charge in [-0.2, -0.15) is 0 Å². The molecule has 24 heavy (non-hydrogen) atoms. The Labute approximate surface area is 151 Å². The average Bonchev–Trinajstić information content (AvgIpc) is 2.52. The van der Waals surface area contributed by atoms with E-state index in [1.54, 1.807) is 24.3 Å². The molecule has 0 heterocycles. The summed E-state index contributed by atoms with van der Waals surface area (Å²) in [5.74, 6) is -0.0818. The van der Waals surface area contributed by atoms with Gasteiger partial charge in [0.1, 0.15) is 0 Å². The van der Waals surface area contributed by atoms with Crippen LogP contribution in [0, 0.1) is 0 Å². The molecule has 8 heteroatoms. The molecule has 0 unspecified atom stereocenters. The second-order valence-electron chi connectivity index (χ2n) is 5.01. The summed E-state index contributed by atoms with van der Waals surface area (Å²) in [7, 11) is -3.77. The number of carbonyl (C=O) groups excluding carboxylic acids is 1. The Morgan fingerprint density at radius 1 is 1.04 bits per heavy atom. The Morgan fingerprint density at radius 2 is 1.71 bits per heavy atom. The van der Waals surface area contributed by atoms with Gasteiger partial charge >= 0.3 is 0 Å². The monoisotopic (exact) mass is 386 g/mol. The molecule has 0 fully saturated rings. The maximum atomic E-state index is 12.3. The standard InChI is InChI=1S/C16H16Cl2N2O3S/c1-2-19-16(21)9-11-3-5-12(6-4-11)20-24(22,23)13-7-8-14(17)15(18)10-13/h3-8,10,20H,2,9H2,1H3,(H,19,21). The van der Waals surface area contributed by atoms with Gasteiger partial charge in [-0.1, -0.05) is 35.3 Å². The molecule has 2 aromatic carbocycles. The second kappa shape index (κ2) is 7.88. The van der Waals surface area contributed by atoms with Crippen LogP contribution < -0.4 is 10.0 Å². The number of sulfonamides is 1. The van der Waals surface area contributed by atoms with Crippen LogP contribution in [0.15, 0.2) is 47.4 Å². The smallest absolute Gasteiger partial charge is 0.261 e. The summed E-state index contributed by atoms with van der Waals surface area (Å²) in [5.41, 5.74) is 1.18. The molecule has 0 bridgehead atoms. The van der Waals surface area contributed by atoms with Gasteiger partial charge in [0.15, 0.2) is 0 Å². The molecule has 2 aromatic rings. The van der Waals surface area contributed by atoms with E-state index in [1.165, 1.54) is 18.2 Å². The molecule has 0 radical (unpaired) electrons. The number of rotatable bonds is 6. The van der Waals surface area contributed by atoms with Crippen molar-refractivity contribution in [3.05, 3.63) is 58.1 Å². The summed E-state index contributed by atoms with van der Waals surface area (Å²) in [6.07, 6.45) is 0.244. The second-order valence-corrected chi connectivity index (χ2v) is 7.51. The number of anilines is 1. The van der Waals surface area contributed by atoms with E-state index in [2.05, 4.69) is 10.0 Å². The van der Waals surface area contributed by atoms with Crippen LogP contribution in [-0.4, -0.2) is 20.9 Å². The lowest BCUT2D eigenvalue weighted by Crippen LogP contribution is -2.24. The third-order valence-corrected chi connectivity index (χ3v) is 5.26. The third-order valence-electron chi connectivity index (χ3n) is 3.15. The predicted octanol–water partition coefficient (Wildman–Crippen LogP) is 3.47. The van der Waals surface area contributed by atoms with E-state index >= 15 is 0 Å². The zero-order valence-corrected chi connectivity index (χ0v) is 15.2. The molecule has 0 saturated heterocycles. The summed E-state index contributed by atoms with van der Waals surface area (Å²) in [6.45, 7) is 2.42. The van der Waals surface area contributed by atoms with E-state index in [0.29, 0.717) is 12.2 Å². The van der Waals surface area contributed by atoms with Crippen LogP contribution in [0.5, 0.6) is 0 Å². The maximum absolute atomic E-state index is 12.3. The molecule has 0 aliphatic rings. The van der Waals surface area contributed by atoms with Crippen LogP contribution in [0.1, 0.15) is 12.5 Å². The molecule has 0 spiro atoms.